The molecule has 1 heterocycles. The van der Waals surface area contributed by atoms with Gasteiger partial charge in [-0.1, -0.05) is 0 Å². The third-order valence-corrected chi connectivity index (χ3v) is 3.87. The molecule has 3 N–H and O–H groups in total. The van der Waals surface area contributed by atoms with Gasteiger partial charge in [0, 0.05) is 44.7 Å². The first kappa shape index (κ1) is 14.8. The molecule has 0 radical (unpaired) electrons. The summed E-state index contributed by atoms with van der Waals surface area (Å²) in [5.74, 6) is 0.336. The number of esters is 1. The smallest absolute Gasteiger partial charge is 0.306 e. The van der Waals surface area contributed by atoms with Gasteiger partial charge in [-0.05, 0) is 32.1 Å². The van der Waals surface area contributed by atoms with Crippen LogP contribution in [0.4, 0.5) is 0 Å². The lowest BCUT2D eigenvalue weighted by molar-refractivity contribution is -0.144. The predicted molar refractivity (Wildman–Crippen MR) is 74.8 cm³/mol. The molecule has 0 spiro atoms. The van der Waals surface area contributed by atoms with Crippen molar-refractivity contribution in [3.63, 3.8) is 0 Å². The molecule has 2 rings (SSSR count). The highest BCUT2D eigenvalue weighted by molar-refractivity contribution is 5.69. The Hall–Kier alpha value is -0.650. The molecule has 0 aromatic heterocycles. The van der Waals surface area contributed by atoms with Crippen LogP contribution >= 0.6 is 0 Å². The molecule has 1 saturated heterocycles. The summed E-state index contributed by atoms with van der Waals surface area (Å²) in [7, 11) is 0. The highest BCUT2D eigenvalue weighted by Crippen LogP contribution is 2.25. The van der Waals surface area contributed by atoms with Crippen LogP contribution in [0.15, 0.2) is 0 Å². The topological polar surface area (TPSA) is 67.6 Å². The molecule has 110 valence electrons. The van der Waals surface area contributed by atoms with Crippen molar-refractivity contribution in [3.8, 4) is 0 Å². The first-order valence-electron chi connectivity index (χ1n) is 7.55. The van der Waals surface area contributed by atoms with Crippen LogP contribution < -0.4 is 11.1 Å². The second-order valence-electron chi connectivity index (χ2n) is 5.80. The zero-order valence-electron chi connectivity index (χ0n) is 11.9. The first-order valence-corrected chi connectivity index (χ1v) is 7.55. The summed E-state index contributed by atoms with van der Waals surface area (Å²) in [6, 6.07) is 1.22. The highest BCUT2D eigenvalue weighted by Gasteiger charge is 2.32. The van der Waals surface area contributed by atoms with Gasteiger partial charge in [0.1, 0.15) is 0 Å². The highest BCUT2D eigenvalue weighted by atomic mass is 16.5. The van der Waals surface area contributed by atoms with Crippen LogP contribution in [0.25, 0.3) is 0 Å². The van der Waals surface area contributed by atoms with Crippen molar-refractivity contribution >= 4 is 5.97 Å². The molecule has 1 aliphatic carbocycles. The van der Waals surface area contributed by atoms with Crippen LogP contribution in [0.1, 0.15) is 32.6 Å². The lowest BCUT2D eigenvalue weighted by Crippen LogP contribution is -2.51. The fraction of sp³-hybridized carbons (Fsp3) is 0.929. The number of piperidine rings is 1. The van der Waals surface area contributed by atoms with E-state index in [2.05, 4.69) is 10.2 Å². The van der Waals surface area contributed by atoms with Crippen LogP contribution in [0.3, 0.4) is 0 Å². The van der Waals surface area contributed by atoms with Crippen LogP contribution in [0.5, 0.6) is 0 Å². The fourth-order valence-electron chi connectivity index (χ4n) is 2.98. The van der Waals surface area contributed by atoms with E-state index in [1.54, 1.807) is 0 Å². The van der Waals surface area contributed by atoms with Gasteiger partial charge >= 0.3 is 5.97 Å². The van der Waals surface area contributed by atoms with Gasteiger partial charge in [0.25, 0.3) is 0 Å². The number of nitrogens with one attached hydrogen (secondary N) is 1. The maximum absolute atomic E-state index is 11.6. The third kappa shape index (κ3) is 5.09. The molecule has 2 atom stereocenters. The normalized spacial score (nSPS) is 28.3. The Kier molecular flexibility index (Phi) is 5.60. The number of nitrogens with two attached hydrogens (primary N) is 1. The number of hydrogen-bond donors (Lipinski definition) is 2. The number of rotatable bonds is 7. The first-order chi connectivity index (χ1) is 9.21. The molecular weight excluding hydrogens is 242 g/mol. The molecule has 19 heavy (non-hydrogen) atoms. The summed E-state index contributed by atoms with van der Waals surface area (Å²) in [4.78, 5) is 14.0. The van der Waals surface area contributed by atoms with Crippen molar-refractivity contribution in [2.24, 2.45) is 11.7 Å². The molecule has 2 fully saturated rings. The Morgan fingerprint density at radius 3 is 2.79 bits per heavy atom. The van der Waals surface area contributed by atoms with Crippen LogP contribution in [0, 0.1) is 5.92 Å². The monoisotopic (exact) mass is 269 g/mol. The lowest BCUT2D eigenvalue weighted by atomic mass is 9.91. The van der Waals surface area contributed by atoms with E-state index in [1.165, 1.54) is 12.8 Å². The number of likely N-dealkylation sites (tertiary alicyclic amines) is 1. The Morgan fingerprint density at radius 2 is 2.16 bits per heavy atom. The molecule has 0 aromatic carbocycles. The zero-order chi connectivity index (χ0) is 13.7. The minimum absolute atomic E-state index is 0.0627. The van der Waals surface area contributed by atoms with Crippen molar-refractivity contribution in [1.29, 1.82) is 0 Å². The average molecular weight is 269 g/mol. The Bertz CT molecular complexity index is 294. The summed E-state index contributed by atoms with van der Waals surface area (Å²) in [6.45, 7) is 5.97. The van der Waals surface area contributed by atoms with E-state index in [0.717, 1.165) is 26.1 Å². The molecule has 5 nitrogen and oxygen atoms in total. The Morgan fingerprint density at radius 1 is 1.37 bits per heavy atom. The maximum Gasteiger partial charge on any atom is 0.306 e. The maximum atomic E-state index is 11.6. The van der Waals surface area contributed by atoms with Gasteiger partial charge in [-0.15, -0.1) is 0 Å². The summed E-state index contributed by atoms with van der Waals surface area (Å²) in [5, 5.41) is 3.68. The molecule has 0 aromatic rings. The van der Waals surface area contributed by atoms with Crippen molar-refractivity contribution in [1.82, 2.24) is 10.2 Å². The summed E-state index contributed by atoms with van der Waals surface area (Å²) < 4.78 is 5.07. The second kappa shape index (κ2) is 7.22. The van der Waals surface area contributed by atoms with Crippen LogP contribution in [-0.2, 0) is 9.53 Å². The fourth-order valence-corrected chi connectivity index (χ4v) is 2.98. The standard InChI is InChI=1S/C14H27N3O2/c1-2-19-14(18)8-11-7-13(16-12-3-4-12)10-17(9-11)6-5-15/h11-13,16H,2-10,15H2,1H3. The van der Waals surface area contributed by atoms with E-state index in [1.807, 2.05) is 6.92 Å². The average Bonchev–Trinajstić information content (AvgIpc) is 3.13. The van der Waals surface area contributed by atoms with Crippen molar-refractivity contribution in [2.45, 2.75) is 44.7 Å². The van der Waals surface area contributed by atoms with Gasteiger partial charge in [-0.25, -0.2) is 0 Å². The molecule has 0 amide bonds. The SMILES string of the molecule is CCOC(=O)CC1CC(NC2CC2)CN(CCN)C1. The largest absolute Gasteiger partial charge is 0.466 e. The van der Waals surface area contributed by atoms with Gasteiger partial charge in [0.05, 0.1) is 6.61 Å². The van der Waals surface area contributed by atoms with Gasteiger partial charge in [0.15, 0.2) is 0 Å². The van der Waals surface area contributed by atoms with E-state index >= 15 is 0 Å². The number of ether oxygens (including phenoxy) is 1. The van der Waals surface area contributed by atoms with Crippen LogP contribution in [0.2, 0.25) is 0 Å². The molecule has 2 aliphatic rings. The van der Waals surface area contributed by atoms with E-state index < -0.39 is 0 Å². The Balaban J connectivity index is 1.83. The van der Waals surface area contributed by atoms with Crippen molar-refractivity contribution in [3.05, 3.63) is 0 Å². The second-order valence-corrected chi connectivity index (χ2v) is 5.80. The molecule has 5 heteroatoms. The van der Waals surface area contributed by atoms with Gasteiger partial charge in [-0.2, -0.15) is 0 Å². The van der Waals surface area contributed by atoms with Gasteiger partial charge in [-0.3, -0.25) is 4.79 Å². The molecule has 0 bridgehead atoms. The minimum Gasteiger partial charge on any atom is -0.466 e. The third-order valence-electron chi connectivity index (χ3n) is 3.87. The van der Waals surface area contributed by atoms with E-state index in [-0.39, 0.29) is 5.97 Å². The molecule has 1 saturated carbocycles. The quantitative estimate of drug-likeness (QED) is 0.652. The molecule has 2 unspecified atom stereocenters. The Labute approximate surface area is 115 Å². The molecular formula is C14H27N3O2. The number of carbonyl (C=O) groups is 1. The molecule has 1 aliphatic heterocycles. The summed E-state index contributed by atoms with van der Waals surface area (Å²) in [6.07, 6.45) is 4.22. The van der Waals surface area contributed by atoms with Gasteiger partial charge < -0.3 is 20.7 Å². The van der Waals surface area contributed by atoms with Gasteiger partial charge in [0.2, 0.25) is 0 Å². The lowest BCUT2D eigenvalue weighted by Gasteiger charge is -2.38. The van der Waals surface area contributed by atoms with Crippen molar-refractivity contribution in [2.75, 3.05) is 32.8 Å². The van der Waals surface area contributed by atoms with E-state index in [4.69, 9.17) is 10.5 Å². The zero-order valence-corrected chi connectivity index (χ0v) is 11.9. The van der Waals surface area contributed by atoms with Crippen molar-refractivity contribution < 1.29 is 9.53 Å². The van der Waals surface area contributed by atoms with E-state index in [9.17, 15) is 4.79 Å². The minimum atomic E-state index is -0.0627. The summed E-state index contributed by atoms with van der Waals surface area (Å²) >= 11 is 0. The van der Waals surface area contributed by atoms with Crippen LogP contribution in [-0.4, -0.2) is 55.7 Å². The van der Waals surface area contributed by atoms with E-state index in [0.29, 0.717) is 37.6 Å². The number of carbonyl (C=O) groups excluding carboxylic acids is 1. The summed E-state index contributed by atoms with van der Waals surface area (Å²) in [5.41, 5.74) is 5.66. The number of nitrogens with zero attached hydrogens (tertiary/aromatic N) is 1. The predicted octanol–water partition coefficient (Wildman–Crippen LogP) is 0.341. The number of hydrogen-bond acceptors (Lipinski definition) is 5.